The van der Waals surface area contributed by atoms with Gasteiger partial charge in [0.15, 0.2) is 0 Å². The van der Waals surface area contributed by atoms with Crippen LogP contribution in [-0.2, 0) is 6.54 Å². The van der Waals surface area contributed by atoms with E-state index in [-0.39, 0.29) is 5.82 Å². The van der Waals surface area contributed by atoms with Crippen molar-refractivity contribution in [1.29, 1.82) is 0 Å². The Labute approximate surface area is 130 Å². The first kappa shape index (κ1) is 15.8. The summed E-state index contributed by atoms with van der Waals surface area (Å²) in [7, 11) is 1.85. The Kier molecular flexibility index (Phi) is 5.59. The molecule has 2 rings (SSSR count). The number of rotatable bonds is 6. The fourth-order valence-electron chi connectivity index (χ4n) is 2.28. The van der Waals surface area contributed by atoms with Crippen LogP contribution >= 0.6 is 11.6 Å². The molecule has 0 aliphatic heterocycles. The van der Waals surface area contributed by atoms with E-state index in [1.54, 1.807) is 12.1 Å². The molecule has 21 heavy (non-hydrogen) atoms. The minimum atomic E-state index is -0.243. The summed E-state index contributed by atoms with van der Waals surface area (Å²) in [6.07, 6.45) is 1.06. The average Bonchev–Trinajstić information content (AvgIpc) is 2.49. The topological polar surface area (TPSA) is 15.3 Å². The molecule has 4 heteroatoms. The van der Waals surface area contributed by atoms with Crippen LogP contribution in [0.2, 0.25) is 5.02 Å². The SMILES string of the molecule is CCCNCc1c(Cl)cccc1N(C)c1ccccc1F. The van der Waals surface area contributed by atoms with E-state index in [0.717, 1.165) is 24.2 Å². The molecule has 0 saturated carbocycles. The molecule has 0 unspecified atom stereocenters. The van der Waals surface area contributed by atoms with Crippen molar-refractivity contribution in [1.82, 2.24) is 5.32 Å². The predicted octanol–water partition coefficient (Wildman–Crippen LogP) is 4.75. The number of benzene rings is 2. The lowest BCUT2D eigenvalue weighted by atomic mass is 10.1. The van der Waals surface area contributed by atoms with Crippen LogP contribution in [0.3, 0.4) is 0 Å². The van der Waals surface area contributed by atoms with E-state index in [9.17, 15) is 4.39 Å². The molecule has 2 nitrogen and oxygen atoms in total. The Bertz CT molecular complexity index is 601. The molecule has 0 radical (unpaired) electrons. The summed E-state index contributed by atoms with van der Waals surface area (Å²) in [6.45, 7) is 3.71. The van der Waals surface area contributed by atoms with Crippen molar-refractivity contribution in [2.45, 2.75) is 19.9 Å². The van der Waals surface area contributed by atoms with E-state index >= 15 is 0 Å². The molecule has 0 amide bonds. The summed E-state index contributed by atoms with van der Waals surface area (Å²) in [5, 5.41) is 4.04. The highest BCUT2D eigenvalue weighted by Gasteiger charge is 2.14. The Hall–Kier alpha value is -1.58. The van der Waals surface area contributed by atoms with Gasteiger partial charge in [-0.05, 0) is 37.2 Å². The van der Waals surface area contributed by atoms with Crippen LogP contribution in [0.25, 0.3) is 0 Å². The zero-order chi connectivity index (χ0) is 15.2. The molecule has 0 fully saturated rings. The van der Waals surface area contributed by atoms with Gasteiger partial charge in [-0.2, -0.15) is 0 Å². The lowest BCUT2D eigenvalue weighted by Crippen LogP contribution is -2.19. The van der Waals surface area contributed by atoms with E-state index in [2.05, 4.69) is 12.2 Å². The summed E-state index contributed by atoms with van der Waals surface area (Å²) in [6, 6.07) is 12.5. The highest BCUT2D eigenvalue weighted by Crippen LogP contribution is 2.32. The minimum absolute atomic E-state index is 0.243. The van der Waals surface area contributed by atoms with Gasteiger partial charge in [-0.3, -0.25) is 0 Å². The van der Waals surface area contributed by atoms with Gasteiger partial charge >= 0.3 is 0 Å². The van der Waals surface area contributed by atoms with Gasteiger partial charge in [-0.1, -0.05) is 36.7 Å². The molecule has 0 aliphatic rings. The van der Waals surface area contributed by atoms with Crippen LogP contribution in [0.1, 0.15) is 18.9 Å². The summed E-state index contributed by atoms with van der Waals surface area (Å²) < 4.78 is 14.0. The van der Waals surface area contributed by atoms with E-state index in [4.69, 9.17) is 11.6 Å². The summed E-state index contributed by atoms with van der Waals surface area (Å²) in [5.41, 5.74) is 2.44. The maximum absolute atomic E-state index is 14.0. The Morgan fingerprint density at radius 2 is 1.81 bits per heavy atom. The van der Waals surface area contributed by atoms with E-state index < -0.39 is 0 Å². The van der Waals surface area contributed by atoms with Gasteiger partial charge in [0.1, 0.15) is 5.82 Å². The maximum atomic E-state index is 14.0. The first-order valence-electron chi connectivity index (χ1n) is 7.11. The second-order valence-corrected chi connectivity index (χ2v) is 5.33. The standard InChI is InChI=1S/C17H20ClFN2/c1-3-11-20-12-13-14(18)7-6-10-16(13)21(2)17-9-5-4-8-15(17)19/h4-10,20H,3,11-12H2,1-2H3. The third-order valence-electron chi connectivity index (χ3n) is 3.40. The van der Waals surface area contributed by atoms with E-state index in [1.165, 1.54) is 6.07 Å². The molecule has 0 saturated heterocycles. The van der Waals surface area contributed by atoms with Gasteiger partial charge in [0, 0.05) is 29.9 Å². The second kappa shape index (κ2) is 7.43. The summed E-state index contributed by atoms with van der Waals surface area (Å²) in [5.74, 6) is -0.243. The number of para-hydroxylation sites is 1. The van der Waals surface area contributed by atoms with Crippen molar-refractivity contribution < 1.29 is 4.39 Å². The first-order valence-corrected chi connectivity index (χ1v) is 7.49. The van der Waals surface area contributed by atoms with Gasteiger partial charge in [-0.15, -0.1) is 0 Å². The lowest BCUT2D eigenvalue weighted by molar-refractivity contribution is 0.627. The van der Waals surface area contributed by atoms with Crippen molar-refractivity contribution in [3.05, 3.63) is 58.9 Å². The van der Waals surface area contributed by atoms with E-state index in [1.807, 2.05) is 36.2 Å². The number of anilines is 2. The fourth-order valence-corrected chi connectivity index (χ4v) is 2.52. The number of halogens is 2. The zero-order valence-corrected chi connectivity index (χ0v) is 13.1. The van der Waals surface area contributed by atoms with Gasteiger partial charge in [0.05, 0.1) is 5.69 Å². The van der Waals surface area contributed by atoms with Crippen molar-refractivity contribution >= 4 is 23.0 Å². The quantitative estimate of drug-likeness (QED) is 0.775. The molecule has 1 N–H and O–H groups in total. The smallest absolute Gasteiger partial charge is 0.146 e. The Morgan fingerprint density at radius 3 is 2.52 bits per heavy atom. The largest absolute Gasteiger partial charge is 0.342 e. The summed E-state index contributed by atoms with van der Waals surface area (Å²) in [4.78, 5) is 1.84. The predicted molar refractivity (Wildman–Crippen MR) is 87.9 cm³/mol. The maximum Gasteiger partial charge on any atom is 0.146 e. The number of nitrogens with one attached hydrogen (secondary N) is 1. The molecule has 2 aromatic rings. The molecule has 0 bridgehead atoms. The van der Waals surface area contributed by atoms with Gasteiger partial charge in [0.2, 0.25) is 0 Å². The molecule has 0 aliphatic carbocycles. The molecular weight excluding hydrogens is 287 g/mol. The van der Waals surface area contributed by atoms with Crippen LogP contribution in [0.4, 0.5) is 15.8 Å². The number of hydrogen-bond donors (Lipinski definition) is 1. The Morgan fingerprint density at radius 1 is 1.10 bits per heavy atom. The van der Waals surface area contributed by atoms with Crippen LogP contribution in [-0.4, -0.2) is 13.6 Å². The molecule has 0 heterocycles. The fraction of sp³-hybridized carbons (Fsp3) is 0.294. The Balaban J connectivity index is 2.34. The monoisotopic (exact) mass is 306 g/mol. The highest BCUT2D eigenvalue weighted by atomic mass is 35.5. The molecular formula is C17H20ClFN2. The highest BCUT2D eigenvalue weighted by molar-refractivity contribution is 6.31. The second-order valence-electron chi connectivity index (χ2n) is 4.92. The molecule has 0 aromatic heterocycles. The van der Waals surface area contributed by atoms with Gasteiger partial charge < -0.3 is 10.2 Å². The third kappa shape index (κ3) is 3.74. The van der Waals surface area contributed by atoms with Crippen LogP contribution in [0.15, 0.2) is 42.5 Å². The van der Waals surface area contributed by atoms with Gasteiger partial charge in [-0.25, -0.2) is 4.39 Å². The van der Waals surface area contributed by atoms with Crippen molar-refractivity contribution in [2.24, 2.45) is 0 Å². The van der Waals surface area contributed by atoms with Crippen molar-refractivity contribution in [3.63, 3.8) is 0 Å². The zero-order valence-electron chi connectivity index (χ0n) is 12.4. The lowest BCUT2D eigenvalue weighted by Gasteiger charge is -2.24. The summed E-state index contributed by atoms with van der Waals surface area (Å²) >= 11 is 6.32. The van der Waals surface area contributed by atoms with E-state index in [0.29, 0.717) is 17.3 Å². The first-order chi connectivity index (χ1) is 10.1. The molecule has 0 spiro atoms. The van der Waals surface area contributed by atoms with Crippen molar-refractivity contribution in [3.8, 4) is 0 Å². The van der Waals surface area contributed by atoms with Crippen LogP contribution < -0.4 is 10.2 Å². The number of nitrogens with zero attached hydrogens (tertiary/aromatic N) is 1. The van der Waals surface area contributed by atoms with Crippen LogP contribution in [0, 0.1) is 5.82 Å². The normalized spacial score (nSPS) is 10.7. The minimum Gasteiger partial charge on any atom is -0.342 e. The van der Waals surface area contributed by atoms with Crippen molar-refractivity contribution in [2.75, 3.05) is 18.5 Å². The molecule has 2 aromatic carbocycles. The average molecular weight is 307 g/mol. The number of hydrogen-bond acceptors (Lipinski definition) is 2. The molecule has 112 valence electrons. The molecule has 0 atom stereocenters. The third-order valence-corrected chi connectivity index (χ3v) is 3.75. The van der Waals surface area contributed by atoms with Crippen LogP contribution in [0.5, 0.6) is 0 Å². The van der Waals surface area contributed by atoms with Gasteiger partial charge in [0.25, 0.3) is 0 Å².